The lowest BCUT2D eigenvalue weighted by atomic mass is 10.0. The quantitative estimate of drug-likeness (QED) is 0.357. The van der Waals surface area contributed by atoms with E-state index in [-0.39, 0.29) is 24.8 Å². The zero-order valence-electron chi connectivity index (χ0n) is 20.6. The van der Waals surface area contributed by atoms with Gasteiger partial charge in [0.05, 0.1) is 20.6 Å². The summed E-state index contributed by atoms with van der Waals surface area (Å²) in [6.07, 6.45) is 2.08. The first-order chi connectivity index (χ1) is 17.4. The summed E-state index contributed by atoms with van der Waals surface area (Å²) in [6, 6.07) is 21.6. The highest BCUT2D eigenvalue weighted by atomic mass is 35.5. The molecule has 0 heterocycles. The molecule has 0 saturated heterocycles. The van der Waals surface area contributed by atoms with E-state index >= 15 is 0 Å². The van der Waals surface area contributed by atoms with E-state index in [2.05, 4.69) is 11.9 Å². The lowest BCUT2D eigenvalue weighted by Gasteiger charge is -2.31. The van der Waals surface area contributed by atoms with Crippen LogP contribution in [0.1, 0.15) is 16.7 Å². The van der Waals surface area contributed by atoms with Crippen LogP contribution in [0.3, 0.4) is 0 Å². The number of hydrogen-bond acceptors (Lipinski definition) is 4. The summed E-state index contributed by atoms with van der Waals surface area (Å²) in [5.41, 5.74) is 2.58. The minimum Gasteiger partial charge on any atom is -0.493 e. The van der Waals surface area contributed by atoms with E-state index in [0.29, 0.717) is 29.5 Å². The number of rotatable bonds is 12. The summed E-state index contributed by atoms with van der Waals surface area (Å²) in [4.78, 5) is 28.7. The van der Waals surface area contributed by atoms with Gasteiger partial charge in [-0.1, -0.05) is 66.2 Å². The third-order valence-corrected chi connectivity index (χ3v) is 6.01. The van der Waals surface area contributed by atoms with Gasteiger partial charge in [-0.25, -0.2) is 0 Å². The predicted octanol–water partition coefficient (Wildman–Crippen LogP) is 4.84. The maximum Gasteiger partial charge on any atom is 0.243 e. The molecule has 6 nitrogen and oxygen atoms in total. The molecule has 0 aliphatic heterocycles. The van der Waals surface area contributed by atoms with Crippen LogP contribution < -0.4 is 14.8 Å². The van der Waals surface area contributed by atoms with E-state index in [1.807, 2.05) is 48.5 Å². The normalized spacial score (nSPS) is 11.3. The number of methoxy groups -OCH3 is 2. The van der Waals surface area contributed by atoms with Gasteiger partial charge >= 0.3 is 0 Å². The van der Waals surface area contributed by atoms with Gasteiger partial charge in [-0.3, -0.25) is 9.59 Å². The molecule has 2 amide bonds. The number of amides is 2. The monoisotopic (exact) mass is 506 g/mol. The summed E-state index contributed by atoms with van der Waals surface area (Å²) < 4.78 is 10.7. The average molecular weight is 507 g/mol. The lowest BCUT2D eigenvalue weighted by Crippen LogP contribution is -2.51. The van der Waals surface area contributed by atoms with Gasteiger partial charge in [0, 0.05) is 24.5 Å². The molecule has 0 saturated carbocycles. The molecule has 3 rings (SSSR count). The molecular weight excluding hydrogens is 476 g/mol. The van der Waals surface area contributed by atoms with E-state index < -0.39 is 6.04 Å². The topological polar surface area (TPSA) is 67.9 Å². The standard InChI is InChI=1S/C29H31ClN2O4/c1-4-16-31-29(34)25(17-21-8-6-5-7-9-21)32(20-22-10-13-24(30)14-11-22)28(33)19-23-12-15-26(35-2)27(18-23)36-3/h4-15,18,25H,1,16-17,19-20H2,2-3H3,(H,31,34). The van der Waals surface area contributed by atoms with Crippen molar-refractivity contribution in [3.05, 3.63) is 107 Å². The third kappa shape index (κ3) is 7.36. The van der Waals surface area contributed by atoms with Crippen molar-refractivity contribution in [2.24, 2.45) is 0 Å². The van der Waals surface area contributed by atoms with Crippen LogP contribution in [0.15, 0.2) is 85.5 Å². The van der Waals surface area contributed by atoms with Gasteiger partial charge in [0.2, 0.25) is 11.8 Å². The second kappa shape index (κ2) is 13.4. The average Bonchev–Trinajstić information content (AvgIpc) is 2.90. The molecule has 3 aromatic rings. The number of hydrogen-bond donors (Lipinski definition) is 1. The van der Waals surface area contributed by atoms with E-state index in [4.69, 9.17) is 21.1 Å². The fraction of sp³-hybridized carbons (Fsp3) is 0.241. The number of benzene rings is 3. The molecule has 1 atom stereocenters. The Kier molecular flexibility index (Phi) is 9.95. The molecule has 0 radical (unpaired) electrons. The second-order valence-electron chi connectivity index (χ2n) is 8.25. The minimum atomic E-state index is -0.726. The molecule has 1 N–H and O–H groups in total. The molecule has 1 unspecified atom stereocenters. The minimum absolute atomic E-state index is 0.0912. The number of carbonyl (C=O) groups is 2. The van der Waals surface area contributed by atoms with Gasteiger partial charge in [-0.2, -0.15) is 0 Å². The van der Waals surface area contributed by atoms with Crippen LogP contribution in [-0.2, 0) is 29.0 Å². The zero-order valence-corrected chi connectivity index (χ0v) is 21.3. The van der Waals surface area contributed by atoms with Crippen LogP contribution in [-0.4, -0.2) is 43.5 Å². The maximum atomic E-state index is 13.8. The summed E-state index contributed by atoms with van der Waals surface area (Å²) >= 11 is 6.07. The molecule has 188 valence electrons. The lowest BCUT2D eigenvalue weighted by molar-refractivity contribution is -0.140. The Morgan fingerprint density at radius 1 is 0.944 bits per heavy atom. The molecule has 3 aromatic carbocycles. The van der Waals surface area contributed by atoms with Gasteiger partial charge < -0.3 is 19.7 Å². The van der Waals surface area contributed by atoms with Crippen molar-refractivity contribution in [3.8, 4) is 11.5 Å². The van der Waals surface area contributed by atoms with Gasteiger partial charge in [-0.05, 0) is 41.0 Å². The van der Waals surface area contributed by atoms with Crippen molar-refractivity contribution < 1.29 is 19.1 Å². The van der Waals surface area contributed by atoms with Crippen LogP contribution in [0.25, 0.3) is 0 Å². The molecule has 0 aromatic heterocycles. The van der Waals surface area contributed by atoms with E-state index in [1.165, 1.54) is 0 Å². The highest BCUT2D eigenvalue weighted by Crippen LogP contribution is 2.28. The maximum absolute atomic E-state index is 13.8. The van der Waals surface area contributed by atoms with Gasteiger partial charge in [0.25, 0.3) is 0 Å². The number of halogens is 1. The van der Waals surface area contributed by atoms with Crippen molar-refractivity contribution in [2.75, 3.05) is 20.8 Å². The smallest absolute Gasteiger partial charge is 0.243 e. The van der Waals surface area contributed by atoms with Crippen molar-refractivity contribution in [1.29, 1.82) is 0 Å². The van der Waals surface area contributed by atoms with Crippen molar-refractivity contribution in [1.82, 2.24) is 10.2 Å². The molecule has 0 fully saturated rings. The fourth-order valence-corrected chi connectivity index (χ4v) is 4.02. The van der Waals surface area contributed by atoms with Gasteiger partial charge in [0.1, 0.15) is 6.04 Å². The largest absolute Gasteiger partial charge is 0.493 e. The number of ether oxygens (including phenoxy) is 2. The van der Waals surface area contributed by atoms with E-state index in [9.17, 15) is 9.59 Å². The van der Waals surface area contributed by atoms with E-state index in [1.54, 1.807) is 49.5 Å². The first-order valence-corrected chi connectivity index (χ1v) is 12.0. The van der Waals surface area contributed by atoms with Gasteiger partial charge in [-0.15, -0.1) is 6.58 Å². The van der Waals surface area contributed by atoms with Crippen LogP contribution in [0.2, 0.25) is 5.02 Å². The summed E-state index contributed by atoms with van der Waals surface area (Å²) in [7, 11) is 3.11. The summed E-state index contributed by atoms with van der Waals surface area (Å²) in [5.74, 6) is 0.689. The number of nitrogens with zero attached hydrogens (tertiary/aromatic N) is 1. The van der Waals surface area contributed by atoms with Crippen LogP contribution in [0.4, 0.5) is 0 Å². The molecule has 0 bridgehead atoms. The molecular formula is C29H31ClN2O4. The molecule has 0 aliphatic rings. The van der Waals surface area contributed by atoms with Crippen LogP contribution in [0, 0.1) is 0 Å². The Balaban J connectivity index is 1.96. The van der Waals surface area contributed by atoms with Crippen molar-refractivity contribution in [2.45, 2.75) is 25.4 Å². The Bertz CT molecular complexity index is 1170. The predicted molar refractivity (Wildman–Crippen MR) is 142 cm³/mol. The molecule has 0 spiro atoms. The van der Waals surface area contributed by atoms with Crippen LogP contribution >= 0.6 is 11.6 Å². The highest BCUT2D eigenvalue weighted by Gasteiger charge is 2.30. The van der Waals surface area contributed by atoms with Gasteiger partial charge in [0.15, 0.2) is 11.5 Å². The summed E-state index contributed by atoms with van der Waals surface area (Å²) in [6.45, 7) is 4.25. The Hall–Kier alpha value is -3.77. The van der Waals surface area contributed by atoms with Crippen LogP contribution in [0.5, 0.6) is 11.5 Å². The first-order valence-electron chi connectivity index (χ1n) is 11.6. The number of carbonyl (C=O) groups excluding carboxylic acids is 2. The molecule has 7 heteroatoms. The zero-order chi connectivity index (χ0) is 25.9. The van der Waals surface area contributed by atoms with Crippen molar-refractivity contribution >= 4 is 23.4 Å². The first kappa shape index (κ1) is 26.8. The van der Waals surface area contributed by atoms with E-state index in [0.717, 1.165) is 16.7 Å². The Labute approximate surface area is 217 Å². The van der Waals surface area contributed by atoms with Crippen molar-refractivity contribution in [3.63, 3.8) is 0 Å². The summed E-state index contributed by atoms with van der Waals surface area (Å²) in [5, 5.41) is 3.47. The molecule has 36 heavy (non-hydrogen) atoms. The highest BCUT2D eigenvalue weighted by molar-refractivity contribution is 6.30. The fourth-order valence-electron chi connectivity index (χ4n) is 3.90. The SMILES string of the molecule is C=CCNC(=O)C(Cc1ccccc1)N(Cc1ccc(Cl)cc1)C(=O)Cc1ccc(OC)c(OC)c1. The second-order valence-corrected chi connectivity index (χ2v) is 8.69. The molecule has 0 aliphatic carbocycles. The third-order valence-electron chi connectivity index (χ3n) is 5.76. The Morgan fingerprint density at radius 2 is 1.61 bits per heavy atom. The Morgan fingerprint density at radius 3 is 2.25 bits per heavy atom. The number of nitrogens with one attached hydrogen (secondary N) is 1.